The molecule has 0 heterocycles. The Morgan fingerprint density at radius 2 is 1.68 bits per heavy atom. The first-order chi connectivity index (χ1) is 10.6. The van der Waals surface area contributed by atoms with Crippen LogP contribution in [0.2, 0.25) is 0 Å². The van der Waals surface area contributed by atoms with E-state index in [1.165, 1.54) is 0 Å². The molecule has 0 fully saturated rings. The van der Waals surface area contributed by atoms with Crippen molar-refractivity contribution in [3.05, 3.63) is 64.1 Å². The average molecular weight is 363 g/mol. The molecule has 2 aromatic rings. The zero-order valence-corrected chi connectivity index (χ0v) is 13.6. The molecule has 2 aromatic carbocycles. The summed E-state index contributed by atoms with van der Waals surface area (Å²) in [4.78, 5) is 23.6. The number of Topliss-reactive ketones (excluding diaryl/α,β-unsaturated/α-hetero) is 1. The molecule has 0 aliphatic heterocycles. The number of hydrogen-bond donors (Lipinski definition) is 0. The van der Waals surface area contributed by atoms with Gasteiger partial charge in [-0.05, 0) is 24.6 Å². The van der Waals surface area contributed by atoms with Crippen LogP contribution in [0.4, 0.5) is 0 Å². The van der Waals surface area contributed by atoms with Crippen molar-refractivity contribution in [1.82, 2.24) is 0 Å². The van der Waals surface area contributed by atoms with Gasteiger partial charge in [0.05, 0.1) is 0 Å². The summed E-state index contributed by atoms with van der Waals surface area (Å²) in [6.07, 6.45) is 0. The molecule has 4 nitrogen and oxygen atoms in total. The van der Waals surface area contributed by atoms with E-state index in [1.54, 1.807) is 24.3 Å². The van der Waals surface area contributed by atoms with Crippen molar-refractivity contribution in [3.8, 4) is 5.75 Å². The van der Waals surface area contributed by atoms with Gasteiger partial charge in [-0.2, -0.15) is 0 Å². The van der Waals surface area contributed by atoms with E-state index in [0.717, 1.165) is 5.56 Å². The number of para-hydroxylation sites is 1. The van der Waals surface area contributed by atoms with Crippen LogP contribution in [0.25, 0.3) is 0 Å². The summed E-state index contributed by atoms with van der Waals surface area (Å²) >= 11 is 3.29. The zero-order chi connectivity index (χ0) is 15.9. The van der Waals surface area contributed by atoms with Crippen LogP contribution in [0.5, 0.6) is 5.75 Å². The van der Waals surface area contributed by atoms with Gasteiger partial charge >= 0.3 is 5.97 Å². The van der Waals surface area contributed by atoms with Crippen LogP contribution in [-0.2, 0) is 9.53 Å². The molecule has 0 aliphatic rings. The predicted molar refractivity (Wildman–Crippen MR) is 86.1 cm³/mol. The van der Waals surface area contributed by atoms with E-state index in [2.05, 4.69) is 15.9 Å². The first-order valence-corrected chi connectivity index (χ1v) is 7.49. The van der Waals surface area contributed by atoms with Crippen LogP contribution < -0.4 is 4.74 Å². The summed E-state index contributed by atoms with van der Waals surface area (Å²) in [5.41, 5.74) is 1.41. The number of halogens is 1. The molecule has 0 N–H and O–H groups in total. The number of hydrogen-bond acceptors (Lipinski definition) is 4. The third-order valence-electron chi connectivity index (χ3n) is 2.98. The van der Waals surface area contributed by atoms with Gasteiger partial charge in [0.25, 0.3) is 0 Å². The van der Waals surface area contributed by atoms with Crippen molar-refractivity contribution in [2.24, 2.45) is 0 Å². The van der Waals surface area contributed by atoms with Gasteiger partial charge in [0, 0.05) is 10.0 Å². The number of rotatable bonds is 6. The molecule has 0 atom stereocenters. The first-order valence-electron chi connectivity index (χ1n) is 6.69. The molecule has 0 amide bonds. The number of esters is 1. The Balaban J connectivity index is 1.82. The SMILES string of the molecule is Cc1ccccc1OCC(=O)OCC(=O)c1ccccc1Br. The third-order valence-corrected chi connectivity index (χ3v) is 3.67. The van der Waals surface area contributed by atoms with Gasteiger partial charge in [0.2, 0.25) is 5.78 Å². The summed E-state index contributed by atoms with van der Waals surface area (Å²) in [6, 6.07) is 14.4. The molecule has 114 valence electrons. The summed E-state index contributed by atoms with van der Waals surface area (Å²) in [7, 11) is 0. The highest BCUT2D eigenvalue weighted by molar-refractivity contribution is 9.10. The third kappa shape index (κ3) is 4.43. The average Bonchev–Trinajstić information content (AvgIpc) is 2.52. The molecule has 0 saturated carbocycles. The second-order valence-electron chi connectivity index (χ2n) is 4.62. The van der Waals surface area contributed by atoms with Gasteiger partial charge < -0.3 is 9.47 Å². The first kappa shape index (κ1) is 16.2. The molecule has 0 unspecified atom stereocenters. The highest BCUT2D eigenvalue weighted by Crippen LogP contribution is 2.17. The predicted octanol–water partition coefficient (Wildman–Crippen LogP) is 3.56. The molecule has 0 radical (unpaired) electrons. The van der Waals surface area contributed by atoms with E-state index in [0.29, 0.717) is 15.8 Å². The van der Waals surface area contributed by atoms with Crippen molar-refractivity contribution in [3.63, 3.8) is 0 Å². The Labute approximate surface area is 137 Å². The highest BCUT2D eigenvalue weighted by Gasteiger charge is 2.13. The molecule has 0 aliphatic carbocycles. The standard InChI is InChI=1S/C17H15BrO4/c1-12-6-2-5-9-16(12)21-11-17(20)22-10-15(19)13-7-3-4-8-14(13)18/h2-9H,10-11H2,1H3. The number of carbonyl (C=O) groups excluding carboxylic acids is 2. The maximum Gasteiger partial charge on any atom is 0.344 e. The minimum absolute atomic E-state index is 0.228. The van der Waals surface area contributed by atoms with Crippen LogP contribution in [0.15, 0.2) is 53.0 Å². The molecule has 5 heteroatoms. The van der Waals surface area contributed by atoms with Gasteiger partial charge in [0.1, 0.15) is 5.75 Å². The van der Waals surface area contributed by atoms with E-state index in [9.17, 15) is 9.59 Å². The summed E-state index contributed by atoms with van der Waals surface area (Å²) in [6.45, 7) is 1.35. The number of aryl methyl sites for hydroxylation is 1. The lowest BCUT2D eigenvalue weighted by Crippen LogP contribution is -2.19. The van der Waals surface area contributed by atoms with E-state index in [4.69, 9.17) is 9.47 Å². The lowest BCUT2D eigenvalue weighted by atomic mass is 10.1. The molecule has 0 spiro atoms. The molecule has 0 aromatic heterocycles. The van der Waals surface area contributed by atoms with E-state index in [-0.39, 0.29) is 19.0 Å². The fourth-order valence-corrected chi connectivity index (χ4v) is 2.31. The van der Waals surface area contributed by atoms with Gasteiger partial charge in [-0.15, -0.1) is 0 Å². The quantitative estimate of drug-likeness (QED) is 0.582. The van der Waals surface area contributed by atoms with Crippen LogP contribution in [0.3, 0.4) is 0 Å². The van der Waals surface area contributed by atoms with Gasteiger partial charge in [0.15, 0.2) is 13.2 Å². The molecular weight excluding hydrogens is 348 g/mol. The molecule has 0 saturated heterocycles. The Morgan fingerprint density at radius 1 is 1.00 bits per heavy atom. The van der Waals surface area contributed by atoms with Crippen LogP contribution in [0.1, 0.15) is 15.9 Å². The summed E-state index contributed by atoms with van der Waals surface area (Å²) < 4.78 is 11.0. The lowest BCUT2D eigenvalue weighted by Gasteiger charge is -2.09. The zero-order valence-electron chi connectivity index (χ0n) is 12.0. The topological polar surface area (TPSA) is 52.6 Å². The second kappa shape index (κ2) is 7.75. The Morgan fingerprint density at radius 3 is 2.41 bits per heavy atom. The Hall–Kier alpha value is -2.14. The molecule has 22 heavy (non-hydrogen) atoms. The van der Waals surface area contributed by atoms with Crippen LogP contribution in [0, 0.1) is 6.92 Å². The van der Waals surface area contributed by atoms with Gasteiger partial charge in [-0.1, -0.05) is 52.3 Å². The summed E-state index contributed by atoms with van der Waals surface area (Å²) in [5.74, 6) is -0.225. The molecule has 2 rings (SSSR count). The lowest BCUT2D eigenvalue weighted by molar-refractivity contribution is -0.144. The normalized spacial score (nSPS) is 10.1. The van der Waals surface area contributed by atoms with Crippen molar-refractivity contribution in [1.29, 1.82) is 0 Å². The van der Waals surface area contributed by atoms with Crippen molar-refractivity contribution < 1.29 is 19.1 Å². The van der Waals surface area contributed by atoms with Crippen molar-refractivity contribution in [2.75, 3.05) is 13.2 Å². The minimum atomic E-state index is -0.580. The van der Waals surface area contributed by atoms with Gasteiger partial charge in [-0.3, -0.25) is 4.79 Å². The number of ketones is 1. The highest BCUT2D eigenvalue weighted by atomic mass is 79.9. The monoisotopic (exact) mass is 362 g/mol. The molecule has 0 bridgehead atoms. The largest absolute Gasteiger partial charge is 0.482 e. The summed E-state index contributed by atoms with van der Waals surface area (Å²) in [5, 5.41) is 0. The van der Waals surface area contributed by atoms with E-state index >= 15 is 0 Å². The van der Waals surface area contributed by atoms with Crippen LogP contribution in [-0.4, -0.2) is 25.0 Å². The van der Waals surface area contributed by atoms with Crippen LogP contribution >= 0.6 is 15.9 Å². The second-order valence-corrected chi connectivity index (χ2v) is 5.47. The maximum atomic E-state index is 12.0. The fraction of sp³-hybridized carbons (Fsp3) is 0.176. The number of ether oxygens (including phenoxy) is 2. The van der Waals surface area contributed by atoms with Crippen molar-refractivity contribution >= 4 is 27.7 Å². The fourth-order valence-electron chi connectivity index (χ4n) is 1.81. The van der Waals surface area contributed by atoms with Gasteiger partial charge in [-0.25, -0.2) is 4.79 Å². The maximum absolute atomic E-state index is 12.0. The van der Waals surface area contributed by atoms with E-state index < -0.39 is 5.97 Å². The Kier molecular flexibility index (Phi) is 5.72. The smallest absolute Gasteiger partial charge is 0.344 e. The number of benzene rings is 2. The number of carbonyl (C=O) groups is 2. The minimum Gasteiger partial charge on any atom is -0.482 e. The Bertz CT molecular complexity index is 682. The van der Waals surface area contributed by atoms with Crippen molar-refractivity contribution in [2.45, 2.75) is 6.92 Å². The van der Waals surface area contributed by atoms with E-state index in [1.807, 2.05) is 31.2 Å². The molecular formula is C17H15BrO4.